The van der Waals surface area contributed by atoms with E-state index in [1.165, 1.54) is 25.1 Å². The van der Waals surface area contributed by atoms with Crippen LogP contribution < -0.4 is 5.32 Å². The molecule has 0 fully saturated rings. The molecule has 2 aromatic rings. The summed E-state index contributed by atoms with van der Waals surface area (Å²) < 4.78 is 7.23. The van der Waals surface area contributed by atoms with Gasteiger partial charge in [0.2, 0.25) is 0 Å². The van der Waals surface area contributed by atoms with Gasteiger partial charge in [-0.15, -0.1) is 0 Å². The van der Waals surface area contributed by atoms with Gasteiger partial charge in [0, 0.05) is 30.1 Å². The van der Waals surface area contributed by atoms with Gasteiger partial charge in [-0.05, 0) is 51.0 Å². The molecule has 0 spiro atoms. The molecule has 1 N–H and O–H groups in total. The van der Waals surface area contributed by atoms with Gasteiger partial charge >= 0.3 is 5.97 Å². The van der Waals surface area contributed by atoms with E-state index in [1.54, 1.807) is 0 Å². The fourth-order valence-corrected chi connectivity index (χ4v) is 3.29. The van der Waals surface area contributed by atoms with Gasteiger partial charge in [-0.1, -0.05) is 18.5 Å². The van der Waals surface area contributed by atoms with Gasteiger partial charge in [0.25, 0.3) is 11.6 Å². The summed E-state index contributed by atoms with van der Waals surface area (Å²) in [6.07, 6.45) is 1.14. The highest BCUT2D eigenvalue weighted by atomic mass is 35.5. The van der Waals surface area contributed by atoms with Crippen LogP contribution in [0.25, 0.3) is 6.08 Å². The number of hydrogen-bond donors (Lipinski definition) is 1. The van der Waals surface area contributed by atoms with Crippen LogP contribution in [0.1, 0.15) is 37.2 Å². The summed E-state index contributed by atoms with van der Waals surface area (Å²) >= 11 is 5.96. The fourth-order valence-electron chi connectivity index (χ4n) is 3.06. The van der Waals surface area contributed by atoms with Crippen molar-refractivity contribution in [2.24, 2.45) is 0 Å². The second-order valence-electron chi connectivity index (χ2n) is 7.11. The summed E-state index contributed by atoms with van der Waals surface area (Å²) in [5, 5.41) is 22.6. The van der Waals surface area contributed by atoms with Crippen LogP contribution in [-0.4, -0.2) is 27.5 Å². The first kappa shape index (κ1) is 24.6. The van der Waals surface area contributed by atoms with Gasteiger partial charge in [-0.2, -0.15) is 5.26 Å². The van der Waals surface area contributed by atoms with Crippen LogP contribution in [0, 0.1) is 35.3 Å². The summed E-state index contributed by atoms with van der Waals surface area (Å²) in [6, 6.07) is 7.25. The Morgan fingerprint density at radius 2 is 2.06 bits per heavy atom. The summed E-state index contributed by atoms with van der Waals surface area (Å²) in [6.45, 7) is 8.07. The van der Waals surface area contributed by atoms with E-state index in [9.17, 15) is 25.0 Å². The lowest BCUT2D eigenvalue weighted by Gasteiger charge is -2.14. The third-order valence-corrected chi connectivity index (χ3v) is 5.09. The number of carbonyl (C=O) groups excluding carboxylic acids is 2. The zero-order valence-corrected chi connectivity index (χ0v) is 18.9. The third-order valence-electron chi connectivity index (χ3n) is 4.77. The molecule has 168 valence electrons. The first-order valence-corrected chi connectivity index (χ1v) is 10.2. The minimum Gasteiger partial charge on any atom is -0.448 e. The van der Waals surface area contributed by atoms with E-state index < -0.39 is 22.9 Å². The Hall–Kier alpha value is -3.64. The highest BCUT2D eigenvalue weighted by Gasteiger charge is 2.22. The Bertz CT molecular complexity index is 1130. The lowest BCUT2D eigenvalue weighted by Crippen LogP contribution is -2.30. The molecular weight excluding hydrogens is 436 g/mol. The third kappa shape index (κ3) is 5.74. The zero-order valence-electron chi connectivity index (χ0n) is 18.1. The van der Waals surface area contributed by atoms with Crippen molar-refractivity contribution in [2.75, 3.05) is 5.32 Å². The average molecular weight is 459 g/mol. The van der Waals surface area contributed by atoms with Gasteiger partial charge in [-0.3, -0.25) is 14.9 Å². The number of aryl methyl sites for hydroxylation is 1. The van der Waals surface area contributed by atoms with Crippen molar-refractivity contribution in [1.82, 2.24) is 4.57 Å². The number of benzene rings is 1. The molecule has 0 saturated carbocycles. The van der Waals surface area contributed by atoms with Gasteiger partial charge in [0.15, 0.2) is 6.10 Å². The number of nitrogens with one attached hydrogen (secondary N) is 1. The van der Waals surface area contributed by atoms with E-state index >= 15 is 0 Å². The molecule has 10 heteroatoms. The van der Waals surface area contributed by atoms with Crippen molar-refractivity contribution >= 4 is 40.9 Å². The summed E-state index contributed by atoms with van der Waals surface area (Å²) in [5.41, 5.74) is 2.31. The maximum atomic E-state index is 12.5. The Morgan fingerprint density at radius 1 is 1.38 bits per heavy atom. The van der Waals surface area contributed by atoms with Crippen LogP contribution >= 0.6 is 11.6 Å². The molecule has 1 aromatic carbocycles. The second-order valence-corrected chi connectivity index (χ2v) is 7.51. The minimum absolute atomic E-state index is 0.0360. The number of aromatic nitrogens is 1. The van der Waals surface area contributed by atoms with Gasteiger partial charge in [-0.25, -0.2) is 4.79 Å². The van der Waals surface area contributed by atoms with Crippen LogP contribution in [0.5, 0.6) is 0 Å². The molecule has 1 amide bonds. The number of hydrogen-bond acceptors (Lipinski definition) is 6. The molecule has 9 nitrogen and oxygen atoms in total. The number of esters is 1. The lowest BCUT2D eigenvalue weighted by atomic mass is 10.1. The predicted molar refractivity (Wildman–Crippen MR) is 120 cm³/mol. The molecular formula is C22H23ClN4O5. The number of nitro groups is 1. The van der Waals surface area contributed by atoms with E-state index in [0.29, 0.717) is 0 Å². The molecule has 0 aliphatic heterocycles. The number of ether oxygens (including phenoxy) is 1. The molecule has 0 radical (unpaired) electrons. The van der Waals surface area contributed by atoms with Gasteiger partial charge in [0.1, 0.15) is 11.6 Å². The largest absolute Gasteiger partial charge is 0.448 e. The van der Waals surface area contributed by atoms with E-state index in [0.717, 1.165) is 36.0 Å². The minimum atomic E-state index is -1.24. The topological polar surface area (TPSA) is 127 Å². The number of anilines is 1. The number of nitriles is 1. The van der Waals surface area contributed by atoms with Crippen molar-refractivity contribution in [2.45, 2.75) is 46.8 Å². The molecule has 0 aliphatic rings. The van der Waals surface area contributed by atoms with Crippen LogP contribution in [0.15, 0.2) is 29.8 Å². The quantitative estimate of drug-likeness (QED) is 0.203. The Labute approximate surface area is 190 Å². The SMILES string of the molecule is CCCn1c(C)cc(C=C(C#N)C(=O)OC(C)C(=O)Nc2ccc([N+](=O)[O-])cc2Cl)c1C. The summed E-state index contributed by atoms with van der Waals surface area (Å²) in [4.78, 5) is 35.0. The molecule has 0 saturated heterocycles. The molecule has 1 heterocycles. The summed E-state index contributed by atoms with van der Waals surface area (Å²) in [5.74, 6) is -1.64. The number of halogens is 1. The van der Waals surface area contributed by atoms with Crippen LogP contribution in [0.2, 0.25) is 5.02 Å². The van der Waals surface area contributed by atoms with E-state index in [2.05, 4.69) is 16.8 Å². The smallest absolute Gasteiger partial charge is 0.349 e. The normalized spacial score (nSPS) is 12.1. The number of non-ortho nitro benzene ring substituents is 1. The zero-order chi connectivity index (χ0) is 24.0. The van der Waals surface area contributed by atoms with E-state index in [-0.39, 0.29) is 22.0 Å². The number of carbonyl (C=O) groups is 2. The van der Waals surface area contributed by atoms with Crippen LogP contribution in [0.4, 0.5) is 11.4 Å². The van der Waals surface area contributed by atoms with Crippen molar-refractivity contribution in [1.29, 1.82) is 5.26 Å². The maximum absolute atomic E-state index is 12.5. The second kappa shape index (κ2) is 10.6. The van der Waals surface area contributed by atoms with E-state index in [1.807, 2.05) is 26.0 Å². The highest BCUT2D eigenvalue weighted by Crippen LogP contribution is 2.27. The number of amides is 1. The molecule has 1 unspecified atom stereocenters. The van der Waals surface area contributed by atoms with Crippen molar-refractivity contribution in [3.63, 3.8) is 0 Å². The number of nitrogens with zero attached hydrogens (tertiary/aromatic N) is 3. The monoisotopic (exact) mass is 458 g/mol. The predicted octanol–water partition coefficient (Wildman–Crippen LogP) is 4.55. The Morgan fingerprint density at radius 3 is 2.62 bits per heavy atom. The van der Waals surface area contributed by atoms with Gasteiger partial charge in [0.05, 0.1) is 15.6 Å². The van der Waals surface area contributed by atoms with Crippen molar-refractivity contribution in [3.8, 4) is 6.07 Å². The Balaban J connectivity index is 2.12. The highest BCUT2D eigenvalue weighted by molar-refractivity contribution is 6.34. The van der Waals surface area contributed by atoms with Crippen LogP contribution in [-0.2, 0) is 20.9 Å². The summed E-state index contributed by atoms with van der Waals surface area (Å²) in [7, 11) is 0. The molecule has 0 aliphatic carbocycles. The van der Waals surface area contributed by atoms with Crippen molar-refractivity contribution < 1.29 is 19.2 Å². The molecule has 1 aromatic heterocycles. The van der Waals surface area contributed by atoms with Crippen molar-refractivity contribution in [3.05, 3.63) is 61.9 Å². The van der Waals surface area contributed by atoms with Gasteiger partial charge < -0.3 is 14.6 Å². The Kier molecular flexibility index (Phi) is 8.15. The van der Waals surface area contributed by atoms with E-state index in [4.69, 9.17) is 16.3 Å². The molecule has 0 bridgehead atoms. The molecule has 2 rings (SSSR count). The first-order valence-electron chi connectivity index (χ1n) is 9.83. The maximum Gasteiger partial charge on any atom is 0.349 e. The average Bonchev–Trinajstić information content (AvgIpc) is 3.00. The number of nitro benzene ring substituents is 1. The lowest BCUT2D eigenvalue weighted by molar-refractivity contribution is -0.384. The standard InChI is InChI=1S/C22H23ClN4O5/c1-5-8-26-13(2)9-16(14(26)3)10-17(12-24)22(29)32-15(4)21(28)25-20-7-6-18(27(30)31)11-19(20)23/h6-7,9-11,15H,5,8H2,1-4H3,(H,25,28). The van der Waals surface area contributed by atoms with Crippen LogP contribution in [0.3, 0.4) is 0 Å². The molecule has 32 heavy (non-hydrogen) atoms. The fraction of sp³-hybridized carbons (Fsp3) is 0.318. The first-order chi connectivity index (χ1) is 15.1. The number of rotatable bonds is 8. The molecule has 1 atom stereocenters.